The number of fused-ring (bicyclic) bond motifs is 4. The standard InChI is InChI=1S/C20H32N4O/c1-22(2)20-6-4-16(11-21-20)12-23-13-17-3-5-19(23)15-24(14-17)18-7-9-25-10-8-18/h4,6,11,17-19H,3,5,7-10,12-15H2,1-2H3/t17-,19-/m0/s1. The molecular weight excluding hydrogens is 312 g/mol. The summed E-state index contributed by atoms with van der Waals surface area (Å²) in [6.45, 7) is 6.72. The Morgan fingerprint density at radius 1 is 1.04 bits per heavy atom. The van der Waals surface area contributed by atoms with Crippen LogP contribution >= 0.6 is 0 Å². The maximum absolute atomic E-state index is 5.57. The number of hydrogen-bond acceptors (Lipinski definition) is 5. The second-order valence-electron chi connectivity index (χ2n) is 8.24. The number of piperidine rings is 1. The van der Waals surface area contributed by atoms with Crippen LogP contribution in [0.15, 0.2) is 18.3 Å². The Balaban J connectivity index is 1.41. The second kappa shape index (κ2) is 7.60. The van der Waals surface area contributed by atoms with Crippen LogP contribution in [0.5, 0.6) is 0 Å². The monoisotopic (exact) mass is 344 g/mol. The first-order valence-electron chi connectivity index (χ1n) is 9.87. The minimum absolute atomic E-state index is 0.704. The molecule has 25 heavy (non-hydrogen) atoms. The summed E-state index contributed by atoms with van der Waals surface area (Å²) in [6, 6.07) is 5.84. The van der Waals surface area contributed by atoms with Gasteiger partial charge in [0.25, 0.3) is 0 Å². The van der Waals surface area contributed by atoms with E-state index in [4.69, 9.17) is 4.74 Å². The Hall–Kier alpha value is -1.17. The van der Waals surface area contributed by atoms with Gasteiger partial charge in [-0.3, -0.25) is 9.80 Å². The second-order valence-corrected chi connectivity index (χ2v) is 8.24. The molecule has 2 bridgehead atoms. The Morgan fingerprint density at radius 2 is 1.88 bits per heavy atom. The lowest BCUT2D eigenvalue weighted by molar-refractivity contribution is 0.0307. The maximum Gasteiger partial charge on any atom is 0.127 e. The molecular formula is C20H32N4O. The Bertz CT molecular complexity index is 555. The fourth-order valence-corrected chi connectivity index (χ4v) is 4.77. The van der Waals surface area contributed by atoms with E-state index in [1.165, 1.54) is 50.9 Å². The van der Waals surface area contributed by atoms with Crippen molar-refractivity contribution in [3.8, 4) is 0 Å². The summed E-state index contributed by atoms with van der Waals surface area (Å²) < 4.78 is 5.57. The van der Waals surface area contributed by atoms with Gasteiger partial charge in [0.2, 0.25) is 0 Å². The molecule has 0 N–H and O–H groups in total. The van der Waals surface area contributed by atoms with Gasteiger partial charge < -0.3 is 9.64 Å². The fraction of sp³-hybridized carbons (Fsp3) is 0.750. The Labute approximate surface area is 152 Å². The summed E-state index contributed by atoms with van der Waals surface area (Å²) in [5, 5.41) is 0. The third-order valence-electron chi connectivity index (χ3n) is 6.22. The molecule has 1 aromatic heterocycles. The van der Waals surface area contributed by atoms with Gasteiger partial charge in [0.05, 0.1) is 0 Å². The van der Waals surface area contributed by atoms with Crippen LogP contribution in [0.1, 0.15) is 31.2 Å². The molecule has 0 saturated carbocycles. The van der Waals surface area contributed by atoms with Crippen LogP contribution < -0.4 is 4.90 Å². The van der Waals surface area contributed by atoms with E-state index in [1.54, 1.807) is 0 Å². The molecule has 0 aliphatic carbocycles. The molecule has 0 unspecified atom stereocenters. The molecule has 0 amide bonds. The lowest BCUT2D eigenvalue weighted by Crippen LogP contribution is -2.45. The largest absolute Gasteiger partial charge is 0.381 e. The van der Waals surface area contributed by atoms with E-state index < -0.39 is 0 Å². The van der Waals surface area contributed by atoms with Crippen LogP contribution in [0.4, 0.5) is 5.82 Å². The average molecular weight is 345 g/mol. The van der Waals surface area contributed by atoms with Gasteiger partial charge in [0.15, 0.2) is 0 Å². The molecule has 4 fully saturated rings. The molecule has 4 saturated heterocycles. The fourth-order valence-electron chi connectivity index (χ4n) is 4.77. The van der Waals surface area contributed by atoms with Crippen LogP contribution in [-0.4, -0.2) is 73.8 Å². The van der Waals surface area contributed by atoms with E-state index in [2.05, 4.69) is 38.0 Å². The number of hydrogen-bond donors (Lipinski definition) is 0. The van der Waals surface area contributed by atoms with Crippen molar-refractivity contribution in [2.45, 2.75) is 44.3 Å². The van der Waals surface area contributed by atoms with Gasteiger partial charge in [-0.25, -0.2) is 4.98 Å². The Morgan fingerprint density at radius 3 is 2.60 bits per heavy atom. The van der Waals surface area contributed by atoms with Crippen molar-refractivity contribution < 1.29 is 4.74 Å². The van der Waals surface area contributed by atoms with Gasteiger partial charge in [0.1, 0.15) is 5.82 Å². The SMILES string of the molecule is CN(C)c1ccc(CN2C[C@@H]3CC[C@H]2CN(C2CCOCC2)C3)cn1. The smallest absolute Gasteiger partial charge is 0.127 e. The normalized spacial score (nSPS) is 28.9. The van der Waals surface area contributed by atoms with Crippen molar-refractivity contribution in [2.75, 3.05) is 51.8 Å². The van der Waals surface area contributed by atoms with Crippen molar-refractivity contribution in [2.24, 2.45) is 5.92 Å². The average Bonchev–Trinajstić information content (AvgIpc) is 2.95. The van der Waals surface area contributed by atoms with Crippen molar-refractivity contribution in [3.63, 3.8) is 0 Å². The minimum atomic E-state index is 0.704. The Kier molecular flexibility index (Phi) is 5.25. The van der Waals surface area contributed by atoms with E-state index in [1.807, 2.05) is 14.1 Å². The summed E-state index contributed by atoms with van der Waals surface area (Å²) >= 11 is 0. The number of ether oxygens (including phenoxy) is 1. The molecule has 2 atom stereocenters. The summed E-state index contributed by atoms with van der Waals surface area (Å²) in [5.74, 6) is 1.86. The van der Waals surface area contributed by atoms with Gasteiger partial charge in [-0.05, 0) is 43.2 Å². The lowest BCUT2D eigenvalue weighted by Gasteiger charge is -2.37. The molecule has 4 aliphatic rings. The number of aromatic nitrogens is 1. The highest BCUT2D eigenvalue weighted by Crippen LogP contribution is 2.31. The quantitative estimate of drug-likeness (QED) is 0.836. The van der Waals surface area contributed by atoms with Crippen LogP contribution in [-0.2, 0) is 11.3 Å². The zero-order chi connectivity index (χ0) is 17.2. The van der Waals surface area contributed by atoms with Crippen molar-refractivity contribution in [1.82, 2.24) is 14.8 Å². The molecule has 5 heteroatoms. The lowest BCUT2D eigenvalue weighted by atomic mass is 9.94. The third-order valence-corrected chi connectivity index (χ3v) is 6.22. The third kappa shape index (κ3) is 3.99. The van der Waals surface area contributed by atoms with E-state index in [-0.39, 0.29) is 0 Å². The zero-order valence-electron chi connectivity index (χ0n) is 15.7. The topological polar surface area (TPSA) is 31.8 Å². The van der Waals surface area contributed by atoms with Crippen LogP contribution in [0, 0.1) is 5.92 Å². The molecule has 1 aromatic rings. The molecule has 4 aliphatic heterocycles. The number of pyridine rings is 1. The molecule has 5 nitrogen and oxygen atoms in total. The van der Waals surface area contributed by atoms with Crippen LogP contribution in [0.2, 0.25) is 0 Å². The molecule has 138 valence electrons. The summed E-state index contributed by atoms with van der Waals surface area (Å²) in [7, 11) is 4.08. The molecule has 0 spiro atoms. The predicted octanol–water partition coefficient (Wildman–Crippen LogP) is 2.22. The summed E-state index contributed by atoms with van der Waals surface area (Å²) in [6.07, 6.45) is 7.25. The zero-order valence-corrected chi connectivity index (χ0v) is 15.7. The molecule has 5 heterocycles. The van der Waals surface area contributed by atoms with Gasteiger partial charge in [-0.1, -0.05) is 6.07 Å². The highest BCUT2D eigenvalue weighted by atomic mass is 16.5. The van der Waals surface area contributed by atoms with Crippen LogP contribution in [0.3, 0.4) is 0 Å². The first kappa shape index (κ1) is 17.3. The molecule has 0 radical (unpaired) electrons. The van der Waals surface area contributed by atoms with E-state index in [9.17, 15) is 0 Å². The molecule has 5 rings (SSSR count). The number of nitrogens with zero attached hydrogens (tertiary/aromatic N) is 4. The number of anilines is 1. The predicted molar refractivity (Wildman–Crippen MR) is 101 cm³/mol. The highest BCUT2D eigenvalue weighted by molar-refractivity contribution is 5.37. The van der Waals surface area contributed by atoms with E-state index >= 15 is 0 Å². The molecule has 0 aromatic carbocycles. The van der Waals surface area contributed by atoms with Gasteiger partial charge in [0, 0.05) is 71.8 Å². The highest BCUT2D eigenvalue weighted by Gasteiger charge is 2.37. The van der Waals surface area contributed by atoms with Crippen molar-refractivity contribution in [1.29, 1.82) is 0 Å². The first-order chi connectivity index (χ1) is 12.2. The van der Waals surface area contributed by atoms with E-state index in [0.717, 1.165) is 37.5 Å². The summed E-state index contributed by atoms with van der Waals surface area (Å²) in [5.41, 5.74) is 1.34. The number of rotatable bonds is 4. The first-order valence-corrected chi connectivity index (χ1v) is 9.87. The maximum atomic E-state index is 5.57. The minimum Gasteiger partial charge on any atom is -0.381 e. The summed E-state index contributed by atoms with van der Waals surface area (Å²) in [4.78, 5) is 12.2. The van der Waals surface area contributed by atoms with Gasteiger partial charge in [-0.2, -0.15) is 0 Å². The van der Waals surface area contributed by atoms with Crippen LogP contribution in [0.25, 0.3) is 0 Å². The van der Waals surface area contributed by atoms with Gasteiger partial charge in [-0.15, -0.1) is 0 Å². The van der Waals surface area contributed by atoms with Crippen molar-refractivity contribution in [3.05, 3.63) is 23.9 Å². The van der Waals surface area contributed by atoms with E-state index in [0.29, 0.717) is 6.04 Å². The van der Waals surface area contributed by atoms with Gasteiger partial charge >= 0.3 is 0 Å². The van der Waals surface area contributed by atoms with Crippen molar-refractivity contribution >= 4 is 5.82 Å².